The van der Waals surface area contributed by atoms with Gasteiger partial charge in [-0.2, -0.15) is 5.53 Å². The molecule has 9 nitrogen and oxygen atoms in total. The first kappa shape index (κ1) is 27.5. The van der Waals surface area contributed by atoms with Gasteiger partial charge in [-0.1, -0.05) is 79.0 Å². The largest absolute Gasteiger partial charge is 0.368 e. The molecule has 4 rings (SSSR count). The molecule has 0 aliphatic heterocycles. The number of hydrogen-bond donors (Lipinski definition) is 4. The van der Waals surface area contributed by atoms with Gasteiger partial charge in [0.05, 0.1) is 6.54 Å². The monoisotopic (exact) mass is 525 g/mol. The molecule has 0 aromatic heterocycles. The quantitative estimate of drug-likeness (QED) is 0.124. The third kappa shape index (κ3) is 7.98. The number of hydrogen-bond acceptors (Lipinski definition) is 4. The molecule has 0 spiro atoms. The van der Waals surface area contributed by atoms with Gasteiger partial charge in [-0.15, -0.1) is 0 Å². The molecule has 1 saturated carbocycles. The number of nitrogens with one attached hydrogen (secondary N) is 3. The molecular formula is C30H35N7O2. The van der Waals surface area contributed by atoms with Gasteiger partial charge in [0.25, 0.3) is 5.91 Å². The van der Waals surface area contributed by atoms with E-state index in [4.69, 9.17) is 11.3 Å². The zero-order valence-corrected chi connectivity index (χ0v) is 22.0. The van der Waals surface area contributed by atoms with Gasteiger partial charge < -0.3 is 11.1 Å². The fourth-order valence-electron chi connectivity index (χ4n) is 4.91. The second kappa shape index (κ2) is 13.9. The Labute approximate surface area is 229 Å². The van der Waals surface area contributed by atoms with Gasteiger partial charge in [-0.05, 0) is 71.4 Å². The summed E-state index contributed by atoms with van der Waals surface area (Å²) >= 11 is 0. The third-order valence-electron chi connectivity index (χ3n) is 7.02. The molecule has 9 heteroatoms. The summed E-state index contributed by atoms with van der Waals surface area (Å²) in [7, 11) is 0. The number of nitrogens with zero attached hydrogens (tertiary/aromatic N) is 3. The molecule has 3 aromatic carbocycles. The van der Waals surface area contributed by atoms with Crippen LogP contribution in [0.25, 0.3) is 0 Å². The minimum atomic E-state index is -0.458. The molecule has 1 aliphatic carbocycles. The van der Waals surface area contributed by atoms with Crippen molar-refractivity contribution in [3.63, 3.8) is 0 Å². The van der Waals surface area contributed by atoms with Crippen LogP contribution in [-0.4, -0.2) is 24.4 Å². The summed E-state index contributed by atoms with van der Waals surface area (Å²) in [6.45, 7) is 0.857. The fourth-order valence-corrected chi connectivity index (χ4v) is 4.91. The highest BCUT2D eigenvalue weighted by Gasteiger charge is 2.19. The number of carbonyl (C=O) groups excluding carboxylic acids is 2. The van der Waals surface area contributed by atoms with Gasteiger partial charge in [0.2, 0.25) is 5.96 Å². The Bertz CT molecular complexity index is 1270. The lowest BCUT2D eigenvalue weighted by Gasteiger charge is -2.26. The van der Waals surface area contributed by atoms with E-state index in [9.17, 15) is 9.59 Å². The van der Waals surface area contributed by atoms with E-state index in [1.807, 2.05) is 42.5 Å². The van der Waals surface area contributed by atoms with E-state index >= 15 is 0 Å². The topological polar surface area (TPSA) is 136 Å². The summed E-state index contributed by atoms with van der Waals surface area (Å²) in [5, 5.41) is 11.5. The first-order valence-corrected chi connectivity index (χ1v) is 13.3. The standard InChI is InChI=1S/C30H35N7O2/c31-29(35-36-32)34-28(38)26-13-11-23(12-14-26)21-37(30(39)33-20-19-22-7-3-1-4-8-22)27-17-15-25(16-18-27)24-9-5-2-6-10-24/h1,3-4,7-8,11-18,24H,2,5-6,9-10,19-21H2,(H,33,39)(H4,31,32,34,35,38). The van der Waals surface area contributed by atoms with Crippen molar-refractivity contribution < 1.29 is 9.59 Å². The Balaban J connectivity index is 1.47. The summed E-state index contributed by atoms with van der Waals surface area (Å²) in [6, 6.07) is 25.2. The summed E-state index contributed by atoms with van der Waals surface area (Å²) < 4.78 is 0. The second-order valence-electron chi connectivity index (χ2n) is 9.72. The summed E-state index contributed by atoms with van der Waals surface area (Å²) in [5.74, 6) is -0.122. The smallest absolute Gasteiger partial charge is 0.322 e. The fraction of sp³-hybridized carbons (Fsp3) is 0.300. The number of amides is 3. The molecule has 0 atom stereocenters. The Hall–Kier alpha value is -4.53. The molecule has 1 fully saturated rings. The van der Waals surface area contributed by atoms with E-state index in [0.29, 0.717) is 24.6 Å². The van der Waals surface area contributed by atoms with Crippen LogP contribution in [0.2, 0.25) is 0 Å². The maximum absolute atomic E-state index is 13.4. The van der Waals surface area contributed by atoms with Gasteiger partial charge in [0.15, 0.2) is 0 Å². The maximum atomic E-state index is 13.4. The molecule has 202 valence electrons. The van der Waals surface area contributed by atoms with Crippen molar-refractivity contribution in [1.29, 1.82) is 5.53 Å². The molecule has 0 radical (unpaired) electrons. The van der Waals surface area contributed by atoms with Crippen molar-refractivity contribution in [3.05, 3.63) is 101 Å². The van der Waals surface area contributed by atoms with Gasteiger partial charge in [0, 0.05) is 17.8 Å². The molecule has 3 aromatic rings. The zero-order chi connectivity index (χ0) is 27.5. The average molecular weight is 526 g/mol. The summed E-state index contributed by atoms with van der Waals surface area (Å²) in [5.41, 5.74) is 16.8. The lowest BCUT2D eigenvalue weighted by atomic mass is 9.84. The van der Waals surface area contributed by atoms with Crippen LogP contribution in [0.5, 0.6) is 0 Å². The predicted octanol–water partition coefficient (Wildman–Crippen LogP) is 5.68. The molecule has 5 N–H and O–H groups in total. The molecular weight excluding hydrogens is 490 g/mol. The van der Waals surface area contributed by atoms with Crippen molar-refractivity contribution in [2.24, 2.45) is 16.1 Å². The van der Waals surface area contributed by atoms with Gasteiger partial charge in [-0.3, -0.25) is 15.0 Å². The second-order valence-corrected chi connectivity index (χ2v) is 9.72. The average Bonchev–Trinajstić information content (AvgIpc) is 2.97. The highest BCUT2D eigenvalue weighted by atomic mass is 16.2. The van der Waals surface area contributed by atoms with E-state index in [-0.39, 0.29) is 12.0 Å². The number of rotatable bonds is 9. The Morgan fingerprint density at radius 3 is 2.26 bits per heavy atom. The number of anilines is 1. The van der Waals surface area contributed by atoms with E-state index < -0.39 is 5.91 Å². The Kier molecular flexibility index (Phi) is 9.77. The van der Waals surface area contributed by atoms with Crippen LogP contribution in [0.4, 0.5) is 10.5 Å². The van der Waals surface area contributed by atoms with Crippen LogP contribution in [0.15, 0.2) is 89.2 Å². The Morgan fingerprint density at radius 2 is 1.59 bits per heavy atom. The highest BCUT2D eigenvalue weighted by Crippen LogP contribution is 2.33. The van der Waals surface area contributed by atoms with E-state index in [2.05, 4.69) is 33.1 Å². The molecule has 3 amide bonds. The minimum Gasteiger partial charge on any atom is -0.368 e. The van der Waals surface area contributed by atoms with Crippen molar-refractivity contribution in [1.82, 2.24) is 10.6 Å². The van der Waals surface area contributed by atoms with Crippen LogP contribution < -0.4 is 21.3 Å². The number of guanidine groups is 1. The number of urea groups is 1. The maximum Gasteiger partial charge on any atom is 0.322 e. The minimum absolute atomic E-state index is 0.179. The predicted molar refractivity (Wildman–Crippen MR) is 153 cm³/mol. The molecule has 0 unspecified atom stereocenters. The third-order valence-corrected chi connectivity index (χ3v) is 7.02. The Morgan fingerprint density at radius 1 is 0.897 bits per heavy atom. The SMILES string of the molecule is N=NN=C(N)NC(=O)c1ccc(CN(C(=O)NCCc2ccccc2)c2ccc(C3CCCCC3)cc2)cc1. The number of benzene rings is 3. The van der Waals surface area contributed by atoms with E-state index in [0.717, 1.165) is 23.2 Å². The van der Waals surface area contributed by atoms with Crippen LogP contribution in [0.3, 0.4) is 0 Å². The van der Waals surface area contributed by atoms with Gasteiger partial charge in [-0.25, -0.2) is 4.79 Å². The van der Waals surface area contributed by atoms with Gasteiger partial charge >= 0.3 is 6.03 Å². The van der Waals surface area contributed by atoms with Crippen LogP contribution in [0, 0.1) is 5.53 Å². The number of nitrogens with two attached hydrogens (primary N) is 1. The van der Waals surface area contributed by atoms with Crippen molar-refractivity contribution in [2.75, 3.05) is 11.4 Å². The first-order chi connectivity index (χ1) is 19.0. The lowest BCUT2D eigenvalue weighted by molar-refractivity contribution is 0.0976. The van der Waals surface area contributed by atoms with Crippen LogP contribution in [0.1, 0.15) is 65.1 Å². The highest BCUT2D eigenvalue weighted by molar-refractivity contribution is 6.05. The summed E-state index contributed by atoms with van der Waals surface area (Å²) in [6.07, 6.45) is 7.04. The van der Waals surface area contributed by atoms with Crippen molar-refractivity contribution >= 4 is 23.6 Å². The molecule has 0 heterocycles. The molecule has 0 saturated heterocycles. The summed E-state index contributed by atoms with van der Waals surface area (Å²) in [4.78, 5) is 27.5. The number of carbonyl (C=O) groups is 2. The van der Waals surface area contributed by atoms with E-state index in [1.165, 1.54) is 37.7 Å². The zero-order valence-electron chi connectivity index (χ0n) is 22.0. The first-order valence-electron chi connectivity index (χ1n) is 13.3. The van der Waals surface area contributed by atoms with Crippen LogP contribution >= 0.6 is 0 Å². The lowest BCUT2D eigenvalue weighted by Crippen LogP contribution is -2.40. The van der Waals surface area contributed by atoms with Crippen LogP contribution in [-0.2, 0) is 13.0 Å². The molecule has 1 aliphatic rings. The molecule has 0 bridgehead atoms. The van der Waals surface area contributed by atoms with Crippen molar-refractivity contribution in [2.45, 2.75) is 51.0 Å². The normalized spacial score (nSPS) is 13.9. The van der Waals surface area contributed by atoms with Gasteiger partial charge in [0.1, 0.15) is 0 Å². The van der Waals surface area contributed by atoms with E-state index in [1.54, 1.807) is 29.2 Å². The molecule has 39 heavy (non-hydrogen) atoms. The van der Waals surface area contributed by atoms with Crippen molar-refractivity contribution in [3.8, 4) is 0 Å².